The second kappa shape index (κ2) is 7.55. The fraction of sp³-hybridized carbons (Fsp3) is 0.556. The highest BCUT2D eigenvalue weighted by Crippen LogP contribution is 2.28. The molecule has 1 aliphatic carbocycles. The molecule has 1 aromatic carbocycles. The molecule has 2 aliphatic rings. The summed E-state index contributed by atoms with van der Waals surface area (Å²) in [5.74, 6) is 0.344. The van der Waals surface area contributed by atoms with Crippen LogP contribution in [-0.2, 0) is 4.79 Å². The molecular formula is C18H26N4O2. The third-order valence-electron chi connectivity index (χ3n) is 4.87. The Kier molecular flexibility index (Phi) is 5.23. The molecule has 1 aliphatic heterocycles. The van der Waals surface area contributed by atoms with Gasteiger partial charge in [-0.25, -0.2) is 4.79 Å². The van der Waals surface area contributed by atoms with Crippen molar-refractivity contribution >= 4 is 23.3 Å². The van der Waals surface area contributed by atoms with Crippen LogP contribution in [0, 0.1) is 5.92 Å². The first-order valence-corrected chi connectivity index (χ1v) is 8.86. The van der Waals surface area contributed by atoms with Crippen LogP contribution in [0.1, 0.15) is 26.2 Å². The van der Waals surface area contributed by atoms with E-state index in [2.05, 4.69) is 15.5 Å². The highest BCUT2D eigenvalue weighted by molar-refractivity contribution is 5.93. The van der Waals surface area contributed by atoms with Gasteiger partial charge >= 0.3 is 6.03 Å². The van der Waals surface area contributed by atoms with Crippen LogP contribution >= 0.6 is 0 Å². The smallest absolute Gasteiger partial charge is 0.317 e. The molecule has 1 saturated carbocycles. The number of amides is 3. The van der Waals surface area contributed by atoms with E-state index >= 15 is 0 Å². The Morgan fingerprint density at radius 3 is 2.29 bits per heavy atom. The van der Waals surface area contributed by atoms with Crippen molar-refractivity contribution < 1.29 is 9.59 Å². The van der Waals surface area contributed by atoms with E-state index in [4.69, 9.17) is 0 Å². The zero-order valence-corrected chi connectivity index (χ0v) is 14.3. The molecule has 3 rings (SSSR count). The molecule has 6 nitrogen and oxygen atoms in total. The number of hydrogen-bond acceptors (Lipinski definition) is 3. The van der Waals surface area contributed by atoms with Gasteiger partial charge in [0.25, 0.3) is 0 Å². The van der Waals surface area contributed by atoms with Crippen LogP contribution in [0.15, 0.2) is 24.3 Å². The van der Waals surface area contributed by atoms with Gasteiger partial charge in [0.2, 0.25) is 5.91 Å². The molecule has 0 radical (unpaired) electrons. The van der Waals surface area contributed by atoms with Crippen LogP contribution in [0.5, 0.6) is 0 Å². The molecule has 1 heterocycles. The fourth-order valence-corrected chi connectivity index (χ4v) is 3.10. The number of benzene rings is 1. The minimum absolute atomic E-state index is 0.0196. The zero-order valence-electron chi connectivity index (χ0n) is 14.3. The number of urea groups is 1. The van der Waals surface area contributed by atoms with Crippen molar-refractivity contribution in [2.75, 3.05) is 42.9 Å². The number of carbonyl (C=O) groups excluding carboxylic acids is 2. The molecule has 0 bridgehead atoms. The van der Waals surface area contributed by atoms with Gasteiger partial charge < -0.3 is 20.4 Å². The fourth-order valence-electron chi connectivity index (χ4n) is 3.10. The SMILES string of the molecule is CCNC(=O)N1CCN(c2ccc(NC(=O)C3CCC3)cc2)CC1. The summed E-state index contributed by atoms with van der Waals surface area (Å²) < 4.78 is 0. The second-order valence-electron chi connectivity index (χ2n) is 6.47. The summed E-state index contributed by atoms with van der Waals surface area (Å²) in [5.41, 5.74) is 1.99. The molecule has 3 amide bonds. The Morgan fingerprint density at radius 1 is 1.08 bits per heavy atom. The molecule has 1 aromatic rings. The van der Waals surface area contributed by atoms with Gasteiger partial charge in [-0.1, -0.05) is 6.42 Å². The predicted octanol–water partition coefficient (Wildman–Crippen LogP) is 2.28. The Morgan fingerprint density at radius 2 is 1.75 bits per heavy atom. The average molecular weight is 330 g/mol. The zero-order chi connectivity index (χ0) is 16.9. The first kappa shape index (κ1) is 16.6. The Hall–Kier alpha value is -2.24. The van der Waals surface area contributed by atoms with Gasteiger partial charge in [0.1, 0.15) is 0 Å². The highest BCUT2D eigenvalue weighted by Gasteiger charge is 2.25. The van der Waals surface area contributed by atoms with Crippen LogP contribution < -0.4 is 15.5 Å². The van der Waals surface area contributed by atoms with Crippen molar-refractivity contribution in [3.8, 4) is 0 Å². The summed E-state index contributed by atoms with van der Waals surface area (Å²) in [5, 5.41) is 5.83. The lowest BCUT2D eigenvalue weighted by Crippen LogP contribution is -2.51. The van der Waals surface area contributed by atoms with Crippen molar-refractivity contribution in [1.29, 1.82) is 0 Å². The lowest BCUT2D eigenvalue weighted by atomic mass is 9.85. The van der Waals surface area contributed by atoms with E-state index in [9.17, 15) is 9.59 Å². The summed E-state index contributed by atoms with van der Waals surface area (Å²) >= 11 is 0. The lowest BCUT2D eigenvalue weighted by molar-refractivity contribution is -0.122. The number of piperazine rings is 1. The lowest BCUT2D eigenvalue weighted by Gasteiger charge is -2.36. The van der Waals surface area contributed by atoms with Crippen LogP contribution in [0.4, 0.5) is 16.2 Å². The largest absolute Gasteiger partial charge is 0.368 e. The van der Waals surface area contributed by atoms with Crippen LogP contribution in [0.25, 0.3) is 0 Å². The number of anilines is 2. The van der Waals surface area contributed by atoms with E-state index in [0.29, 0.717) is 6.54 Å². The third-order valence-corrected chi connectivity index (χ3v) is 4.87. The maximum Gasteiger partial charge on any atom is 0.317 e. The molecule has 1 saturated heterocycles. The summed E-state index contributed by atoms with van der Waals surface area (Å²) in [6.07, 6.45) is 3.19. The molecular weight excluding hydrogens is 304 g/mol. The Balaban J connectivity index is 1.51. The number of nitrogens with one attached hydrogen (secondary N) is 2. The van der Waals surface area contributed by atoms with E-state index in [1.807, 2.05) is 36.1 Å². The van der Waals surface area contributed by atoms with Crippen molar-refractivity contribution in [3.63, 3.8) is 0 Å². The second-order valence-corrected chi connectivity index (χ2v) is 6.47. The quantitative estimate of drug-likeness (QED) is 0.890. The summed E-state index contributed by atoms with van der Waals surface area (Å²) in [6.45, 7) is 5.69. The molecule has 2 N–H and O–H groups in total. The Labute approximate surface area is 143 Å². The summed E-state index contributed by atoms with van der Waals surface area (Å²) in [4.78, 5) is 27.9. The monoisotopic (exact) mass is 330 g/mol. The van der Waals surface area contributed by atoms with Crippen molar-refractivity contribution in [1.82, 2.24) is 10.2 Å². The van der Waals surface area contributed by atoms with Crippen LogP contribution in [0.2, 0.25) is 0 Å². The maximum absolute atomic E-state index is 12.0. The number of carbonyl (C=O) groups is 2. The molecule has 0 aromatic heterocycles. The maximum atomic E-state index is 12.0. The normalized spacial score (nSPS) is 18.0. The van der Waals surface area contributed by atoms with Gasteiger partial charge in [0.15, 0.2) is 0 Å². The van der Waals surface area contributed by atoms with E-state index < -0.39 is 0 Å². The molecule has 0 spiro atoms. The minimum atomic E-state index is 0.0196. The predicted molar refractivity (Wildman–Crippen MR) is 95.3 cm³/mol. The van der Waals surface area contributed by atoms with Gasteiger partial charge in [-0.3, -0.25) is 4.79 Å². The molecule has 2 fully saturated rings. The van der Waals surface area contributed by atoms with Gasteiger partial charge in [0, 0.05) is 50.0 Å². The van der Waals surface area contributed by atoms with Crippen molar-refractivity contribution in [3.05, 3.63) is 24.3 Å². The first-order chi connectivity index (χ1) is 11.7. The van der Waals surface area contributed by atoms with E-state index in [1.54, 1.807) is 0 Å². The molecule has 6 heteroatoms. The van der Waals surface area contributed by atoms with Gasteiger partial charge in [-0.2, -0.15) is 0 Å². The van der Waals surface area contributed by atoms with Crippen LogP contribution in [0.3, 0.4) is 0 Å². The Bertz CT molecular complexity index is 575. The topological polar surface area (TPSA) is 64.7 Å². The van der Waals surface area contributed by atoms with Crippen LogP contribution in [-0.4, -0.2) is 49.6 Å². The first-order valence-electron chi connectivity index (χ1n) is 8.86. The standard InChI is InChI=1S/C18H26N4O2/c1-2-19-18(24)22-12-10-21(11-13-22)16-8-6-15(7-9-16)20-17(23)14-4-3-5-14/h6-9,14H,2-5,10-13H2,1H3,(H,19,24)(H,20,23). The third kappa shape index (κ3) is 3.80. The van der Waals surface area contributed by atoms with Crippen molar-refractivity contribution in [2.24, 2.45) is 5.92 Å². The highest BCUT2D eigenvalue weighted by atomic mass is 16.2. The summed E-state index contributed by atoms with van der Waals surface area (Å²) in [7, 11) is 0. The number of nitrogens with zero attached hydrogens (tertiary/aromatic N) is 2. The molecule has 130 valence electrons. The number of hydrogen-bond donors (Lipinski definition) is 2. The average Bonchev–Trinajstić information content (AvgIpc) is 2.54. The van der Waals surface area contributed by atoms with Crippen molar-refractivity contribution in [2.45, 2.75) is 26.2 Å². The molecule has 0 atom stereocenters. The van der Waals surface area contributed by atoms with E-state index in [1.165, 1.54) is 6.42 Å². The van der Waals surface area contributed by atoms with Gasteiger partial charge in [0.05, 0.1) is 0 Å². The van der Waals surface area contributed by atoms with Gasteiger partial charge in [-0.15, -0.1) is 0 Å². The number of rotatable bonds is 4. The molecule has 24 heavy (non-hydrogen) atoms. The summed E-state index contributed by atoms with van der Waals surface area (Å²) in [6, 6.07) is 8.02. The van der Waals surface area contributed by atoms with Gasteiger partial charge in [-0.05, 0) is 44.0 Å². The molecule has 0 unspecified atom stereocenters. The minimum Gasteiger partial charge on any atom is -0.368 e. The van der Waals surface area contributed by atoms with E-state index in [-0.39, 0.29) is 17.9 Å². The van der Waals surface area contributed by atoms with E-state index in [0.717, 1.165) is 50.4 Å².